The van der Waals surface area contributed by atoms with Gasteiger partial charge < -0.3 is 14.9 Å². The van der Waals surface area contributed by atoms with E-state index in [2.05, 4.69) is 48.6 Å². The lowest BCUT2D eigenvalue weighted by molar-refractivity contribution is -0.177. The third-order valence-electron chi connectivity index (χ3n) is 5.62. The van der Waals surface area contributed by atoms with Gasteiger partial charge in [0.15, 0.2) is 0 Å². The van der Waals surface area contributed by atoms with Gasteiger partial charge in [-0.15, -0.1) is 0 Å². The van der Waals surface area contributed by atoms with Crippen LogP contribution in [0.25, 0.3) is 0 Å². The van der Waals surface area contributed by atoms with E-state index in [1.165, 1.54) is 0 Å². The van der Waals surface area contributed by atoms with Crippen LogP contribution in [0.3, 0.4) is 0 Å². The zero-order chi connectivity index (χ0) is 17.3. The van der Waals surface area contributed by atoms with E-state index in [1.807, 2.05) is 6.92 Å². The van der Waals surface area contributed by atoms with E-state index in [1.54, 1.807) is 0 Å². The summed E-state index contributed by atoms with van der Waals surface area (Å²) >= 11 is 0. The topological polar surface area (TPSA) is 66.8 Å². The summed E-state index contributed by atoms with van der Waals surface area (Å²) in [6.07, 6.45) is 19.9. The third kappa shape index (κ3) is 2.89. The van der Waals surface area contributed by atoms with Crippen molar-refractivity contribution in [3.8, 4) is 0 Å². The Bertz CT molecular complexity index is 571. The van der Waals surface area contributed by atoms with E-state index < -0.39 is 11.5 Å². The van der Waals surface area contributed by atoms with Crippen molar-refractivity contribution in [2.45, 2.75) is 38.7 Å². The quantitative estimate of drug-likeness (QED) is 0.601. The summed E-state index contributed by atoms with van der Waals surface area (Å²) in [6, 6.07) is 0. The molecule has 1 fully saturated rings. The molecule has 0 aromatic rings. The van der Waals surface area contributed by atoms with Gasteiger partial charge in [-0.2, -0.15) is 0 Å². The number of carbonyl (C=O) groups is 1. The van der Waals surface area contributed by atoms with Gasteiger partial charge in [0, 0.05) is 10.8 Å². The molecule has 130 valence electrons. The number of hydrogen-bond acceptors (Lipinski definition) is 4. The largest absolute Gasteiger partial charge is 0.457 e. The first-order valence-electron chi connectivity index (χ1n) is 8.70. The van der Waals surface area contributed by atoms with Crippen molar-refractivity contribution in [1.82, 2.24) is 0 Å². The van der Waals surface area contributed by atoms with E-state index in [0.717, 1.165) is 19.3 Å². The average Bonchev–Trinajstić information content (AvgIpc) is 2.59. The van der Waals surface area contributed by atoms with Crippen LogP contribution in [0.1, 0.15) is 32.6 Å². The lowest BCUT2D eigenvalue weighted by Crippen LogP contribution is -2.52. The van der Waals surface area contributed by atoms with Crippen LogP contribution >= 0.6 is 0 Å². The molecular formula is C20H26O4. The molecule has 0 aromatic heterocycles. The normalized spacial score (nSPS) is 24.5. The number of allylic oxidation sites excluding steroid dienone is 8. The van der Waals surface area contributed by atoms with Crippen molar-refractivity contribution < 1.29 is 19.7 Å². The van der Waals surface area contributed by atoms with Gasteiger partial charge in [0.2, 0.25) is 0 Å². The minimum Gasteiger partial charge on any atom is -0.457 e. The van der Waals surface area contributed by atoms with Gasteiger partial charge in [0.05, 0.1) is 18.6 Å². The van der Waals surface area contributed by atoms with E-state index in [0.29, 0.717) is 6.42 Å². The molecule has 0 heterocycles. The van der Waals surface area contributed by atoms with Gasteiger partial charge in [-0.25, -0.2) is 0 Å². The number of esters is 1. The highest BCUT2D eigenvalue weighted by Crippen LogP contribution is 2.60. The minimum atomic E-state index is -0.823. The lowest BCUT2D eigenvalue weighted by atomic mass is 9.50. The monoisotopic (exact) mass is 330 g/mol. The molecule has 0 aliphatic heterocycles. The Hall–Kier alpha value is -1.65. The van der Waals surface area contributed by atoms with E-state index in [-0.39, 0.29) is 30.0 Å². The molecule has 3 aliphatic carbocycles. The van der Waals surface area contributed by atoms with Crippen LogP contribution in [0, 0.1) is 16.2 Å². The fraction of sp³-hybridized carbons (Fsp3) is 0.550. The predicted octanol–water partition coefficient (Wildman–Crippen LogP) is 2.69. The molecule has 4 nitrogen and oxygen atoms in total. The van der Waals surface area contributed by atoms with Gasteiger partial charge in [-0.05, 0) is 25.7 Å². The molecule has 0 aromatic carbocycles. The van der Waals surface area contributed by atoms with E-state index in [9.17, 15) is 4.79 Å². The number of ether oxygens (including phenoxy) is 1. The first-order chi connectivity index (χ1) is 11.5. The Morgan fingerprint density at radius 2 is 1.62 bits per heavy atom. The van der Waals surface area contributed by atoms with Crippen LogP contribution in [0.5, 0.6) is 0 Å². The second kappa shape index (κ2) is 6.34. The Kier molecular flexibility index (Phi) is 4.54. The Balaban J connectivity index is 1.69. The van der Waals surface area contributed by atoms with Gasteiger partial charge in [0.25, 0.3) is 0 Å². The summed E-state index contributed by atoms with van der Waals surface area (Å²) in [5, 5.41) is 18.2. The van der Waals surface area contributed by atoms with Crippen LogP contribution < -0.4 is 0 Å². The molecule has 24 heavy (non-hydrogen) atoms. The smallest absolute Gasteiger partial charge is 0.312 e. The molecule has 0 radical (unpaired) electrons. The molecule has 4 heteroatoms. The standard InChI is InChI=1S/C20H26O4/c1-2-20(17(23)24-16(12-21)13-22)14-19(15-20)10-8-18(9-11-19)6-4-3-5-7-18/h4-11,16,21-22H,2-3,12-15H2,1H3. The first-order valence-corrected chi connectivity index (χ1v) is 8.70. The van der Waals surface area contributed by atoms with Crippen molar-refractivity contribution in [3.63, 3.8) is 0 Å². The third-order valence-corrected chi connectivity index (χ3v) is 5.62. The minimum absolute atomic E-state index is 0.0761. The molecular weight excluding hydrogens is 304 g/mol. The summed E-state index contributed by atoms with van der Waals surface area (Å²) < 4.78 is 5.28. The Labute approximate surface area is 143 Å². The summed E-state index contributed by atoms with van der Waals surface area (Å²) in [7, 11) is 0. The van der Waals surface area contributed by atoms with Crippen molar-refractivity contribution in [1.29, 1.82) is 0 Å². The second-order valence-electron chi connectivity index (χ2n) is 7.32. The first kappa shape index (κ1) is 17.2. The van der Waals surface area contributed by atoms with Crippen molar-refractivity contribution in [2.75, 3.05) is 13.2 Å². The average molecular weight is 330 g/mol. The summed E-state index contributed by atoms with van der Waals surface area (Å²) in [5.41, 5.74) is -0.694. The number of aliphatic hydroxyl groups excluding tert-OH is 2. The predicted molar refractivity (Wildman–Crippen MR) is 92.1 cm³/mol. The number of rotatable bonds is 5. The zero-order valence-corrected chi connectivity index (χ0v) is 14.1. The van der Waals surface area contributed by atoms with Crippen molar-refractivity contribution in [3.05, 3.63) is 48.6 Å². The second-order valence-corrected chi connectivity index (χ2v) is 7.32. The fourth-order valence-electron chi connectivity index (χ4n) is 4.02. The number of aliphatic hydroxyl groups is 2. The van der Waals surface area contributed by atoms with Crippen LogP contribution in [0.2, 0.25) is 0 Å². The van der Waals surface area contributed by atoms with Crippen LogP contribution in [-0.2, 0) is 9.53 Å². The number of hydrogen-bond donors (Lipinski definition) is 2. The van der Waals surface area contributed by atoms with Gasteiger partial charge >= 0.3 is 5.97 Å². The van der Waals surface area contributed by atoms with Gasteiger partial charge in [-0.3, -0.25) is 4.79 Å². The highest BCUT2D eigenvalue weighted by Gasteiger charge is 2.57. The van der Waals surface area contributed by atoms with E-state index in [4.69, 9.17) is 14.9 Å². The van der Waals surface area contributed by atoms with Crippen LogP contribution in [-0.4, -0.2) is 35.5 Å². The van der Waals surface area contributed by atoms with Gasteiger partial charge in [0.1, 0.15) is 6.10 Å². The molecule has 0 saturated heterocycles. The molecule has 0 amide bonds. The summed E-state index contributed by atoms with van der Waals surface area (Å²) in [4.78, 5) is 12.5. The highest BCUT2D eigenvalue weighted by atomic mass is 16.6. The van der Waals surface area contributed by atoms with E-state index >= 15 is 0 Å². The van der Waals surface area contributed by atoms with Crippen molar-refractivity contribution in [2.24, 2.45) is 16.2 Å². The molecule has 1 saturated carbocycles. The highest BCUT2D eigenvalue weighted by molar-refractivity contribution is 5.79. The van der Waals surface area contributed by atoms with Crippen molar-refractivity contribution >= 4 is 5.97 Å². The molecule has 3 aliphatic rings. The molecule has 0 atom stereocenters. The maximum Gasteiger partial charge on any atom is 0.312 e. The summed E-state index contributed by atoms with van der Waals surface area (Å²) in [6.45, 7) is 1.29. The molecule has 0 bridgehead atoms. The summed E-state index contributed by atoms with van der Waals surface area (Å²) in [5.74, 6) is -0.303. The SMILES string of the molecule is CCC1(C(=O)OC(CO)CO)CC2(C=CC3(C=CCC=C3)C=C2)C1. The zero-order valence-electron chi connectivity index (χ0n) is 14.1. The molecule has 2 N–H and O–H groups in total. The maximum absolute atomic E-state index is 12.5. The van der Waals surface area contributed by atoms with Crippen LogP contribution in [0.4, 0.5) is 0 Å². The number of carbonyl (C=O) groups excluding carboxylic acids is 1. The molecule has 3 rings (SSSR count). The molecule has 0 unspecified atom stereocenters. The lowest BCUT2D eigenvalue weighted by Gasteiger charge is -2.53. The maximum atomic E-state index is 12.5. The Morgan fingerprint density at radius 3 is 2.12 bits per heavy atom. The fourth-order valence-corrected chi connectivity index (χ4v) is 4.02. The van der Waals surface area contributed by atoms with Gasteiger partial charge in [-0.1, -0.05) is 55.5 Å². The Morgan fingerprint density at radius 1 is 1.04 bits per heavy atom. The van der Waals surface area contributed by atoms with Crippen LogP contribution in [0.15, 0.2) is 48.6 Å². The molecule has 2 spiro atoms.